The van der Waals surface area contributed by atoms with E-state index < -0.39 is 10.0 Å². The summed E-state index contributed by atoms with van der Waals surface area (Å²) < 4.78 is 28.2. The van der Waals surface area contributed by atoms with E-state index in [0.29, 0.717) is 24.3 Å². The molecule has 2 unspecified atom stereocenters. The van der Waals surface area contributed by atoms with Gasteiger partial charge in [-0.2, -0.15) is 0 Å². The van der Waals surface area contributed by atoms with E-state index in [1.165, 1.54) is 6.07 Å². The number of hydrogen-bond acceptors (Lipinski definition) is 4. The van der Waals surface area contributed by atoms with E-state index >= 15 is 0 Å². The molecule has 0 bridgehead atoms. The Labute approximate surface area is 118 Å². The maximum atomic E-state index is 12.1. The predicted octanol–water partition coefficient (Wildman–Crippen LogP) is 1.01. The third kappa shape index (κ3) is 3.17. The van der Waals surface area contributed by atoms with Gasteiger partial charge < -0.3 is 10.1 Å². The quantitative estimate of drug-likeness (QED) is 0.870. The van der Waals surface area contributed by atoms with Gasteiger partial charge in [0, 0.05) is 5.69 Å². The summed E-state index contributed by atoms with van der Waals surface area (Å²) in [6.45, 7) is 3.92. The molecular weight excluding hydrogens is 280 g/mol. The van der Waals surface area contributed by atoms with Crippen LogP contribution < -0.4 is 10.5 Å². The molecule has 1 saturated heterocycles. The molecule has 3 N–H and O–H groups in total. The summed E-state index contributed by atoms with van der Waals surface area (Å²) in [4.78, 5) is 12.1. The first-order valence-corrected chi connectivity index (χ1v) is 7.88. The largest absolute Gasteiger partial charge is 0.378 e. The fourth-order valence-electron chi connectivity index (χ4n) is 2.29. The second-order valence-corrected chi connectivity index (χ2v) is 6.57. The fraction of sp³-hybridized carbons (Fsp3) is 0.462. The average Bonchev–Trinajstić information content (AvgIpc) is 2.77. The van der Waals surface area contributed by atoms with Crippen LogP contribution in [0.1, 0.15) is 18.9 Å². The fourth-order valence-corrected chi connectivity index (χ4v) is 3.10. The number of sulfonamides is 1. The minimum absolute atomic E-state index is 0.0198. The van der Waals surface area contributed by atoms with Crippen molar-refractivity contribution in [1.82, 2.24) is 0 Å². The number of amides is 1. The van der Waals surface area contributed by atoms with E-state index in [1.807, 2.05) is 6.92 Å². The minimum atomic E-state index is -3.80. The molecule has 1 aliphatic heterocycles. The van der Waals surface area contributed by atoms with Crippen molar-refractivity contribution < 1.29 is 17.9 Å². The van der Waals surface area contributed by atoms with Crippen LogP contribution in [0.2, 0.25) is 0 Å². The van der Waals surface area contributed by atoms with E-state index in [2.05, 4.69) is 5.32 Å². The van der Waals surface area contributed by atoms with E-state index in [1.54, 1.807) is 19.1 Å². The highest BCUT2D eigenvalue weighted by Gasteiger charge is 2.28. The number of anilines is 1. The van der Waals surface area contributed by atoms with Gasteiger partial charge in [-0.3, -0.25) is 4.79 Å². The number of nitrogens with one attached hydrogen (secondary N) is 1. The van der Waals surface area contributed by atoms with Crippen molar-refractivity contribution in [1.29, 1.82) is 0 Å². The van der Waals surface area contributed by atoms with Crippen LogP contribution in [0.3, 0.4) is 0 Å². The van der Waals surface area contributed by atoms with Gasteiger partial charge in [0.1, 0.15) is 0 Å². The van der Waals surface area contributed by atoms with Gasteiger partial charge >= 0.3 is 0 Å². The molecule has 1 fully saturated rings. The molecule has 0 saturated carbocycles. The van der Waals surface area contributed by atoms with Gasteiger partial charge in [-0.25, -0.2) is 13.6 Å². The third-order valence-electron chi connectivity index (χ3n) is 3.42. The van der Waals surface area contributed by atoms with Gasteiger partial charge in [0.05, 0.1) is 23.5 Å². The topological polar surface area (TPSA) is 98.5 Å². The molecule has 1 aromatic carbocycles. The molecule has 20 heavy (non-hydrogen) atoms. The molecule has 6 nitrogen and oxygen atoms in total. The van der Waals surface area contributed by atoms with Gasteiger partial charge in [0.2, 0.25) is 15.9 Å². The van der Waals surface area contributed by atoms with E-state index in [9.17, 15) is 13.2 Å². The Kier molecular flexibility index (Phi) is 4.12. The molecule has 0 spiro atoms. The van der Waals surface area contributed by atoms with Crippen molar-refractivity contribution in [3.05, 3.63) is 23.8 Å². The summed E-state index contributed by atoms with van der Waals surface area (Å²) in [6, 6.07) is 4.62. The normalized spacial score (nSPS) is 22.8. The minimum Gasteiger partial charge on any atom is -0.378 e. The van der Waals surface area contributed by atoms with Crippen LogP contribution >= 0.6 is 0 Å². The number of hydrogen-bond donors (Lipinski definition) is 2. The Balaban J connectivity index is 2.20. The number of carbonyl (C=O) groups excluding carboxylic acids is 1. The van der Waals surface area contributed by atoms with E-state index in [-0.39, 0.29) is 22.8 Å². The lowest BCUT2D eigenvalue weighted by Crippen LogP contribution is -2.24. The number of rotatable bonds is 3. The first kappa shape index (κ1) is 15.0. The summed E-state index contributed by atoms with van der Waals surface area (Å²) in [6.07, 6.45) is 0.738. The van der Waals surface area contributed by atoms with Crippen molar-refractivity contribution >= 4 is 21.6 Å². The number of primary sulfonamides is 1. The van der Waals surface area contributed by atoms with Gasteiger partial charge in [-0.1, -0.05) is 6.07 Å². The SMILES string of the molecule is Cc1c(NC(=O)C2COC(C)C2)cccc1S(N)(=O)=O. The highest BCUT2D eigenvalue weighted by molar-refractivity contribution is 7.89. The molecule has 0 radical (unpaired) electrons. The molecule has 1 aromatic rings. The molecular formula is C13H18N2O4S. The van der Waals surface area contributed by atoms with Crippen molar-refractivity contribution in [2.45, 2.75) is 31.3 Å². The maximum Gasteiger partial charge on any atom is 0.238 e. The molecule has 0 aromatic heterocycles. The first-order valence-electron chi connectivity index (χ1n) is 6.34. The lowest BCUT2D eigenvalue weighted by molar-refractivity contribution is -0.119. The van der Waals surface area contributed by atoms with Gasteiger partial charge in [0.15, 0.2) is 0 Å². The zero-order valence-electron chi connectivity index (χ0n) is 11.4. The predicted molar refractivity (Wildman–Crippen MR) is 74.7 cm³/mol. The molecule has 110 valence electrons. The van der Waals surface area contributed by atoms with Crippen LogP contribution in [0.15, 0.2) is 23.1 Å². The van der Waals surface area contributed by atoms with Gasteiger partial charge in [-0.15, -0.1) is 0 Å². The maximum absolute atomic E-state index is 12.1. The second-order valence-electron chi connectivity index (χ2n) is 5.04. The first-order chi connectivity index (χ1) is 9.29. The zero-order chi connectivity index (χ0) is 14.9. The van der Waals surface area contributed by atoms with Crippen LogP contribution in [0, 0.1) is 12.8 Å². The molecule has 1 amide bonds. The summed E-state index contributed by atoms with van der Waals surface area (Å²) >= 11 is 0. The molecule has 1 aliphatic rings. The lowest BCUT2D eigenvalue weighted by atomic mass is 10.1. The molecule has 1 heterocycles. The zero-order valence-corrected chi connectivity index (χ0v) is 12.2. The van der Waals surface area contributed by atoms with Crippen LogP contribution in [-0.4, -0.2) is 27.0 Å². The van der Waals surface area contributed by atoms with Gasteiger partial charge in [-0.05, 0) is 38.0 Å². The number of ether oxygens (including phenoxy) is 1. The second kappa shape index (κ2) is 5.51. The smallest absolute Gasteiger partial charge is 0.238 e. The lowest BCUT2D eigenvalue weighted by Gasteiger charge is -2.13. The number of nitrogens with two attached hydrogens (primary N) is 1. The Morgan fingerprint density at radius 1 is 1.45 bits per heavy atom. The molecule has 0 aliphatic carbocycles. The van der Waals surface area contributed by atoms with Gasteiger partial charge in [0.25, 0.3) is 0 Å². The Bertz CT molecular complexity index is 627. The van der Waals surface area contributed by atoms with Crippen molar-refractivity contribution in [3.63, 3.8) is 0 Å². The Morgan fingerprint density at radius 3 is 2.70 bits per heavy atom. The Hall–Kier alpha value is -1.44. The van der Waals surface area contributed by atoms with E-state index in [0.717, 1.165) is 0 Å². The average molecular weight is 298 g/mol. The number of carbonyl (C=O) groups is 1. The third-order valence-corrected chi connectivity index (χ3v) is 4.47. The van der Waals surface area contributed by atoms with Crippen molar-refractivity contribution in [2.75, 3.05) is 11.9 Å². The monoisotopic (exact) mass is 298 g/mol. The number of benzene rings is 1. The van der Waals surface area contributed by atoms with Crippen LogP contribution in [0.5, 0.6) is 0 Å². The summed E-state index contributed by atoms with van der Waals surface area (Å²) in [5, 5.41) is 7.88. The van der Waals surface area contributed by atoms with Crippen molar-refractivity contribution in [3.8, 4) is 0 Å². The summed E-state index contributed by atoms with van der Waals surface area (Å²) in [5.74, 6) is -0.369. The summed E-state index contributed by atoms with van der Waals surface area (Å²) in [5.41, 5.74) is 0.899. The van der Waals surface area contributed by atoms with Crippen molar-refractivity contribution in [2.24, 2.45) is 11.1 Å². The highest BCUT2D eigenvalue weighted by Crippen LogP contribution is 2.25. The molecule has 2 atom stereocenters. The van der Waals surface area contributed by atoms with Crippen LogP contribution in [-0.2, 0) is 19.6 Å². The summed E-state index contributed by atoms with van der Waals surface area (Å²) in [7, 11) is -3.80. The molecule has 7 heteroatoms. The standard InChI is InChI=1S/C13H18N2O4S/c1-8-6-10(7-19-8)13(16)15-11-4-3-5-12(9(11)2)20(14,17)18/h3-5,8,10H,6-7H2,1-2H3,(H,15,16)(H2,14,17,18). The highest BCUT2D eigenvalue weighted by atomic mass is 32.2. The van der Waals surface area contributed by atoms with Crippen LogP contribution in [0.25, 0.3) is 0 Å². The van der Waals surface area contributed by atoms with E-state index in [4.69, 9.17) is 9.88 Å². The molecule has 2 rings (SSSR count). The van der Waals surface area contributed by atoms with Crippen LogP contribution in [0.4, 0.5) is 5.69 Å². The Morgan fingerprint density at radius 2 is 2.15 bits per heavy atom.